The summed E-state index contributed by atoms with van der Waals surface area (Å²) < 4.78 is 24.1. The number of allylic oxidation sites excluding steroid dienone is 1. The summed E-state index contributed by atoms with van der Waals surface area (Å²) in [5.74, 6) is -1.18. The van der Waals surface area contributed by atoms with Gasteiger partial charge in [-0.1, -0.05) is 26.0 Å². The fourth-order valence-electron chi connectivity index (χ4n) is 2.12. The van der Waals surface area contributed by atoms with E-state index >= 15 is 0 Å². The molecule has 1 atom stereocenters. The van der Waals surface area contributed by atoms with Crippen LogP contribution in [0.5, 0.6) is 0 Å². The molecule has 1 aromatic carbocycles. The van der Waals surface area contributed by atoms with Gasteiger partial charge in [-0.25, -0.2) is 8.42 Å². The van der Waals surface area contributed by atoms with Crippen molar-refractivity contribution in [3.05, 3.63) is 41.5 Å². The standard InChI is InChI=1S/C15H21N3O3S/c1-5-9(3)11-7-10(6-2)12(14(19)18-15(16)17)8-13(11)22(4,20)21/h5,7-9H,1,6H2,2-4H3,(H4,16,17,18,19). The van der Waals surface area contributed by atoms with E-state index in [1.54, 1.807) is 12.1 Å². The molecular weight excluding hydrogens is 302 g/mol. The van der Waals surface area contributed by atoms with Gasteiger partial charge in [-0.2, -0.15) is 4.99 Å². The molecular formula is C15H21N3O3S. The molecule has 0 saturated heterocycles. The van der Waals surface area contributed by atoms with Crippen LogP contribution < -0.4 is 11.5 Å². The van der Waals surface area contributed by atoms with Crippen molar-refractivity contribution in [1.82, 2.24) is 0 Å². The zero-order chi connectivity index (χ0) is 17.1. The highest BCUT2D eigenvalue weighted by Gasteiger charge is 2.22. The lowest BCUT2D eigenvalue weighted by Gasteiger charge is -2.16. The van der Waals surface area contributed by atoms with E-state index in [4.69, 9.17) is 11.5 Å². The molecule has 0 aliphatic rings. The van der Waals surface area contributed by atoms with Crippen molar-refractivity contribution >= 4 is 21.7 Å². The number of hydrogen-bond donors (Lipinski definition) is 2. The van der Waals surface area contributed by atoms with Gasteiger partial charge in [0, 0.05) is 11.8 Å². The Kier molecular flexibility index (Phi) is 5.48. The molecule has 0 bridgehead atoms. The lowest BCUT2D eigenvalue weighted by Crippen LogP contribution is -2.24. The van der Waals surface area contributed by atoms with Gasteiger partial charge in [0.1, 0.15) is 0 Å². The predicted molar refractivity (Wildman–Crippen MR) is 87.7 cm³/mol. The highest BCUT2D eigenvalue weighted by molar-refractivity contribution is 7.90. The first-order valence-electron chi connectivity index (χ1n) is 6.75. The van der Waals surface area contributed by atoms with Gasteiger partial charge in [0.05, 0.1) is 4.90 Å². The normalized spacial score (nSPS) is 12.5. The molecule has 0 aliphatic carbocycles. The Morgan fingerprint density at radius 2 is 2.00 bits per heavy atom. The Bertz CT molecular complexity index is 733. The average molecular weight is 323 g/mol. The third-order valence-corrected chi connectivity index (χ3v) is 4.47. The molecule has 6 nitrogen and oxygen atoms in total. The predicted octanol–water partition coefficient (Wildman–Crippen LogP) is 1.36. The maximum Gasteiger partial charge on any atom is 0.280 e. The maximum atomic E-state index is 12.1. The first-order chi connectivity index (χ1) is 10.1. The molecule has 0 spiro atoms. The van der Waals surface area contributed by atoms with Crippen LogP contribution in [0.2, 0.25) is 0 Å². The van der Waals surface area contributed by atoms with E-state index in [1.807, 2.05) is 13.8 Å². The molecule has 0 saturated carbocycles. The van der Waals surface area contributed by atoms with Crippen molar-refractivity contribution < 1.29 is 13.2 Å². The highest BCUT2D eigenvalue weighted by Crippen LogP contribution is 2.29. The Hall–Kier alpha value is -2.15. The summed E-state index contributed by atoms with van der Waals surface area (Å²) in [6.45, 7) is 7.40. The number of rotatable bonds is 5. The van der Waals surface area contributed by atoms with Crippen LogP contribution in [-0.2, 0) is 16.3 Å². The minimum atomic E-state index is -3.51. The van der Waals surface area contributed by atoms with E-state index in [1.165, 1.54) is 6.07 Å². The summed E-state index contributed by atoms with van der Waals surface area (Å²) >= 11 is 0. The number of nitrogens with zero attached hydrogens (tertiary/aromatic N) is 1. The summed E-state index contributed by atoms with van der Waals surface area (Å²) in [6.07, 6.45) is 3.30. The number of carbonyl (C=O) groups is 1. The van der Waals surface area contributed by atoms with Crippen LogP contribution in [0.1, 0.15) is 41.3 Å². The van der Waals surface area contributed by atoms with Gasteiger partial charge in [-0.15, -0.1) is 6.58 Å². The molecule has 1 unspecified atom stereocenters. The number of nitrogens with two attached hydrogens (primary N) is 2. The molecule has 0 heterocycles. The maximum absolute atomic E-state index is 12.1. The lowest BCUT2D eigenvalue weighted by molar-refractivity contribution is 0.100. The number of carbonyl (C=O) groups excluding carboxylic acids is 1. The largest absolute Gasteiger partial charge is 0.370 e. The zero-order valence-electron chi connectivity index (χ0n) is 13.0. The molecule has 1 rings (SSSR count). The van der Waals surface area contributed by atoms with Crippen molar-refractivity contribution in [2.45, 2.75) is 31.1 Å². The van der Waals surface area contributed by atoms with Crippen LogP contribution >= 0.6 is 0 Å². The van der Waals surface area contributed by atoms with E-state index in [9.17, 15) is 13.2 Å². The third kappa shape index (κ3) is 3.94. The summed E-state index contributed by atoms with van der Waals surface area (Å²) in [5.41, 5.74) is 11.9. The fourth-order valence-corrected chi connectivity index (χ4v) is 3.12. The fraction of sp³-hybridized carbons (Fsp3) is 0.333. The summed E-state index contributed by atoms with van der Waals surface area (Å²) in [7, 11) is -3.51. The van der Waals surface area contributed by atoms with Gasteiger partial charge in [0.2, 0.25) is 0 Å². The summed E-state index contributed by atoms with van der Waals surface area (Å²) in [6, 6.07) is 3.05. The molecule has 7 heteroatoms. The molecule has 0 aromatic heterocycles. The van der Waals surface area contributed by atoms with E-state index in [0.717, 1.165) is 6.26 Å². The number of hydrogen-bond acceptors (Lipinski definition) is 3. The van der Waals surface area contributed by atoms with Crippen molar-refractivity contribution in [3.8, 4) is 0 Å². The van der Waals surface area contributed by atoms with Gasteiger partial charge >= 0.3 is 0 Å². The minimum absolute atomic E-state index is 0.0891. The molecule has 22 heavy (non-hydrogen) atoms. The van der Waals surface area contributed by atoms with Crippen LogP contribution in [0.15, 0.2) is 34.7 Å². The quantitative estimate of drug-likeness (QED) is 0.482. The van der Waals surface area contributed by atoms with Crippen molar-refractivity contribution in [2.24, 2.45) is 16.5 Å². The lowest BCUT2D eigenvalue weighted by atomic mass is 9.94. The summed E-state index contributed by atoms with van der Waals surface area (Å²) in [5, 5.41) is 0. The smallest absolute Gasteiger partial charge is 0.280 e. The Balaban J connectivity index is 3.71. The number of sulfone groups is 1. The second kappa shape index (κ2) is 6.74. The number of guanidine groups is 1. The van der Waals surface area contributed by atoms with Gasteiger partial charge in [0.25, 0.3) is 5.91 Å². The Morgan fingerprint density at radius 1 is 1.41 bits per heavy atom. The zero-order valence-corrected chi connectivity index (χ0v) is 13.8. The molecule has 120 valence electrons. The SMILES string of the molecule is C=CC(C)c1cc(CC)c(C(=O)N=C(N)N)cc1S(C)(=O)=O. The van der Waals surface area contributed by atoms with Gasteiger partial charge in [-0.05, 0) is 29.5 Å². The van der Waals surface area contributed by atoms with Crippen LogP contribution in [-0.4, -0.2) is 26.5 Å². The number of amides is 1. The number of aryl methyl sites for hydroxylation is 1. The molecule has 0 aliphatic heterocycles. The second-order valence-electron chi connectivity index (χ2n) is 5.04. The average Bonchev–Trinajstić information content (AvgIpc) is 2.43. The van der Waals surface area contributed by atoms with Gasteiger partial charge in [0.15, 0.2) is 15.8 Å². The number of aliphatic imine (C=N–C) groups is 1. The minimum Gasteiger partial charge on any atom is -0.370 e. The first kappa shape index (κ1) is 17.9. The Labute approximate surface area is 130 Å². The van der Waals surface area contributed by atoms with Gasteiger partial charge in [-0.3, -0.25) is 4.79 Å². The van der Waals surface area contributed by atoms with Crippen molar-refractivity contribution in [2.75, 3.05) is 6.26 Å². The first-order valence-corrected chi connectivity index (χ1v) is 8.64. The number of benzene rings is 1. The molecule has 1 aromatic rings. The van der Waals surface area contributed by atoms with E-state index in [-0.39, 0.29) is 22.3 Å². The third-order valence-electron chi connectivity index (χ3n) is 3.32. The van der Waals surface area contributed by atoms with Crippen molar-refractivity contribution in [1.29, 1.82) is 0 Å². The van der Waals surface area contributed by atoms with Crippen LogP contribution in [0.3, 0.4) is 0 Å². The Morgan fingerprint density at radius 3 is 2.41 bits per heavy atom. The topological polar surface area (TPSA) is 116 Å². The summed E-state index contributed by atoms with van der Waals surface area (Å²) in [4.78, 5) is 15.7. The highest BCUT2D eigenvalue weighted by atomic mass is 32.2. The molecule has 0 radical (unpaired) electrons. The second-order valence-corrected chi connectivity index (χ2v) is 7.02. The molecule has 4 N–H and O–H groups in total. The monoisotopic (exact) mass is 323 g/mol. The van der Waals surface area contributed by atoms with Crippen LogP contribution in [0.25, 0.3) is 0 Å². The van der Waals surface area contributed by atoms with Crippen LogP contribution in [0.4, 0.5) is 0 Å². The van der Waals surface area contributed by atoms with Crippen molar-refractivity contribution in [3.63, 3.8) is 0 Å². The molecule has 0 fully saturated rings. The van der Waals surface area contributed by atoms with E-state index in [0.29, 0.717) is 17.5 Å². The van der Waals surface area contributed by atoms with E-state index in [2.05, 4.69) is 11.6 Å². The van der Waals surface area contributed by atoms with Crippen LogP contribution in [0, 0.1) is 0 Å². The van der Waals surface area contributed by atoms with E-state index < -0.39 is 15.7 Å². The molecule has 1 amide bonds. The van der Waals surface area contributed by atoms with Gasteiger partial charge < -0.3 is 11.5 Å².